The van der Waals surface area contributed by atoms with Crippen molar-refractivity contribution in [3.05, 3.63) is 98.3 Å². The molecule has 8 heteroatoms. The van der Waals surface area contributed by atoms with Crippen LogP contribution in [-0.4, -0.2) is 23.0 Å². The Kier molecular flexibility index (Phi) is 6.84. The van der Waals surface area contributed by atoms with Crippen molar-refractivity contribution in [1.29, 1.82) is 0 Å². The van der Waals surface area contributed by atoms with Crippen molar-refractivity contribution in [2.45, 2.75) is 20.0 Å². The van der Waals surface area contributed by atoms with Crippen LogP contribution in [0.25, 0.3) is 10.9 Å². The molecular weight excluding hydrogens is 489 g/mol. The van der Waals surface area contributed by atoms with Gasteiger partial charge in [-0.15, -0.1) is 0 Å². The molecule has 0 aliphatic carbocycles. The lowest BCUT2D eigenvalue weighted by Gasteiger charge is -2.12. The van der Waals surface area contributed by atoms with E-state index in [0.29, 0.717) is 45.8 Å². The molecule has 4 rings (SSSR count). The van der Waals surface area contributed by atoms with Gasteiger partial charge in [0.25, 0.3) is 5.56 Å². The number of halogens is 2. The van der Waals surface area contributed by atoms with Gasteiger partial charge in [0.1, 0.15) is 18.2 Å². The minimum atomic E-state index is -0.326. The van der Waals surface area contributed by atoms with Crippen molar-refractivity contribution in [1.82, 2.24) is 9.66 Å². The Morgan fingerprint density at radius 3 is 2.70 bits per heavy atom. The third kappa shape index (κ3) is 4.96. The van der Waals surface area contributed by atoms with Crippen molar-refractivity contribution in [2.75, 3.05) is 7.11 Å². The van der Waals surface area contributed by atoms with E-state index in [4.69, 9.17) is 9.47 Å². The molecule has 3 aromatic carbocycles. The van der Waals surface area contributed by atoms with E-state index in [9.17, 15) is 9.18 Å². The molecule has 0 fully saturated rings. The van der Waals surface area contributed by atoms with Crippen molar-refractivity contribution >= 4 is 33.0 Å². The lowest BCUT2D eigenvalue weighted by atomic mass is 10.2. The number of hydrogen-bond donors (Lipinski definition) is 0. The predicted octanol–water partition coefficient (Wildman–Crippen LogP) is 5.33. The molecule has 0 atom stereocenters. The Hall–Kier alpha value is -3.52. The quantitative estimate of drug-likeness (QED) is 0.316. The van der Waals surface area contributed by atoms with Crippen LogP contribution in [0.2, 0.25) is 0 Å². The Balaban J connectivity index is 1.62. The molecule has 0 amide bonds. The van der Waals surface area contributed by atoms with Crippen molar-refractivity contribution in [3.8, 4) is 11.5 Å². The fraction of sp³-hybridized carbons (Fsp3) is 0.160. The van der Waals surface area contributed by atoms with Gasteiger partial charge in [-0.2, -0.15) is 9.78 Å². The molecular formula is C25H21BrFN3O3. The average Bonchev–Trinajstić information content (AvgIpc) is 2.83. The zero-order chi connectivity index (χ0) is 23.4. The number of fused-ring (bicyclic) bond motifs is 1. The molecule has 1 heterocycles. The topological polar surface area (TPSA) is 65.7 Å². The number of nitrogens with zero attached hydrogens (tertiary/aromatic N) is 3. The lowest BCUT2D eigenvalue weighted by molar-refractivity contribution is 0.279. The molecule has 0 bridgehead atoms. The highest BCUT2D eigenvalue weighted by molar-refractivity contribution is 9.10. The molecule has 0 N–H and O–H groups in total. The maximum atomic E-state index is 13.9. The van der Waals surface area contributed by atoms with Gasteiger partial charge in [-0.05, 0) is 48.0 Å². The second-order valence-corrected chi connectivity index (χ2v) is 8.11. The summed E-state index contributed by atoms with van der Waals surface area (Å²) in [7, 11) is 1.52. The van der Waals surface area contributed by atoms with Crippen LogP contribution in [0.5, 0.6) is 11.5 Å². The van der Waals surface area contributed by atoms with E-state index in [2.05, 4.69) is 26.0 Å². The summed E-state index contributed by atoms with van der Waals surface area (Å²) in [6.45, 7) is 1.99. The third-order valence-electron chi connectivity index (χ3n) is 5.04. The summed E-state index contributed by atoms with van der Waals surface area (Å²) < 4.78 is 27.1. The van der Waals surface area contributed by atoms with Crippen molar-refractivity contribution in [3.63, 3.8) is 0 Å². The highest BCUT2D eigenvalue weighted by Gasteiger charge is 2.11. The number of methoxy groups -OCH3 is 1. The van der Waals surface area contributed by atoms with Crippen LogP contribution in [0, 0.1) is 5.82 Å². The highest BCUT2D eigenvalue weighted by Crippen LogP contribution is 2.28. The summed E-state index contributed by atoms with van der Waals surface area (Å²) in [5.41, 5.74) is 1.54. The maximum absolute atomic E-state index is 13.9. The fourth-order valence-electron chi connectivity index (χ4n) is 3.32. The van der Waals surface area contributed by atoms with Gasteiger partial charge in [0.2, 0.25) is 0 Å². The first-order valence-corrected chi connectivity index (χ1v) is 11.1. The van der Waals surface area contributed by atoms with E-state index >= 15 is 0 Å². The first-order valence-electron chi connectivity index (χ1n) is 10.3. The predicted molar refractivity (Wildman–Crippen MR) is 130 cm³/mol. The fourth-order valence-corrected chi connectivity index (χ4v) is 3.68. The normalized spacial score (nSPS) is 11.3. The average molecular weight is 510 g/mol. The molecule has 0 saturated heterocycles. The molecule has 0 aliphatic rings. The third-order valence-corrected chi connectivity index (χ3v) is 5.54. The number of rotatable bonds is 7. The number of benzene rings is 3. The van der Waals surface area contributed by atoms with E-state index in [-0.39, 0.29) is 18.0 Å². The second-order valence-electron chi connectivity index (χ2n) is 7.19. The summed E-state index contributed by atoms with van der Waals surface area (Å²) >= 11 is 3.40. The lowest BCUT2D eigenvalue weighted by Crippen LogP contribution is -2.22. The Morgan fingerprint density at radius 1 is 1.12 bits per heavy atom. The first kappa shape index (κ1) is 22.7. The first-order chi connectivity index (χ1) is 16.0. The monoisotopic (exact) mass is 509 g/mol. The van der Waals surface area contributed by atoms with Crippen LogP contribution in [0.1, 0.15) is 23.9 Å². The van der Waals surface area contributed by atoms with Gasteiger partial charge in [0.05, 0.1) is 24.2 Å². The minimum absolute atomic E-state index is 0.0735. The molecule has 0 unspecified atom stereocenters. The SMILES string of the molecule is CCc1nc2ccc(Br)cc2c(=O)n1N=Cc1ccc(OCc2ccccc2F)c(OC)c1. The van der Waals surface area contributed by atoms with E-state index in [0.717, 1.165) is 4.47 Å². The van der Waals surface area contributed by atoms with Gasteiger partial charge >= 0.3 is 0 Å². The Labute approximate surface area is 198 Å². The number of hydrogen-bond acceptors (Lipinski definition) is 5. The van der Waals surface area contributed by atoms with Gasteiger partial charge in [0, 0.05) is 16.5 Å². The van der Waals surface area contributed by atoms with Crippen LogP contribution in [0.3, 0.4) is 0 Å². The van der Waals surface area contributed by atoms with E-state index < -0.39 is 0 Å². The molecule has 33 heavy (non-hydrogen) atoms. The molecule has 0 aliphatic heterocycles. The van der Waals surface area contributed by atoms with Crippen LogP contribution in [0.15, 0.2) is 75.0 Å². The van der Waals surface area contributed by atoms with Gasteiger partial charge < -0.3 is 9.47 Å². The maximum Gasteiger partial charge on any atom is 0.282 e. The number of aryl methyl sites for hydroxylation is 1. The zero-order valence-corrected chi connectivity index (χ0v) is 19.7. The Morgan fingerprint density at radius 2 is 1.94 bits per heavy atom. The smallest absolute Gasteiger partial charge is 0.282 e. The summed E-state index contributed by atoms with van der Waals surface area (Å²) in [5.74, 6) is 1.18. The van der Waals surface area contributed by atoms with Crippen LogP contribution >= 0.6 is 15.9 Å². The van der Waals surface area contributed by atoms with E-state index in [1.54, 1.807) is 54.7 Å². The summed E-state index contributed by atoms with van der Waals surface area (Å²) in [4.78, 5) is 17.6. The summed E-state index contributed by atoms with van der Waals surface area (Å²) in [5, 5.41) is 4.87. The highest BCUT2D eigenvalue weighted by atomic mass is 79.9. The summed E-state index contributed by atoms with van der Waals surface area (Å²) in [6, 6.07) is 17.1. The standard InChI is InChI=1S/C25H21BrFN3O3/c1-3-24-29-21-10-9-18(26)13-19(21)25(31)30(24)28-14-16-8-11-22(23(12-16)32-2)33-15-17-6-4-5-7-20(17)27/h4-14H,3,15H2,1-2H3. The number of aromatic nitrogens is 2. The Bertz CT molecular complexity index is 1400. The van der Waals surface area contributed by atoms with Crippen molar-refractivity contribution < 1.29 is 13.9 Å². The molecule has 0 spiro atoms. The van der Waals surface area contributed by atoms with E-state index in [1.165, 1.54) is 17.9 Å². The second kappa shape index (κ2) is 9.95. The van der Waals surface area contributed by atoms with Gasteiger partial charge in [0.15, 0.2) is 11.5 Å². The zero-order valence-electron chi connectivity index (χ0n) is 18.1. The van der Waals surface area contributed by atoms with Crippen molar-refractivity contribution in [2.24, 2.45) is 5.10 Å². The van der Waals surface area contributed by atoms with Gasteiger partial charge in [-0.1, -0.05) is 41.1 Å². The largest absolute Gasteiger partial charge is 0.493 e. The molecule has 4 aromatic rings. The molecule has 168 valence electrons. The molecule has 6 nitrogen and oxygen atoms in total. The van der Waals surface area contributed by atoms with Gasteiger partial charge in [-0.25, -0.2) is 9.37 Å². The molecule has 1 aromatic heterocycles. The van der Waals surface area contributed by atoms with Crippen LogP contribution in [0.4, 0.5) is 4.39 Å². The summed E-state index contributed by atoms with van der Waals surface area (Å²) in [6.07, 6.45) is 2.11. The molecule has 0 saturated carbocycles. The van der Waals surface area contributed by atoms with Gasteiger partial charge in [-0.3, -0.25) is 4.79 Å². The number of ether oxygens (including phenoxy) is 2. The molecule has 0 radical (unpaired) electrons. The van der Waals surface area contributed by atoms with E-state index in [1.807, 2.05) is 13.0 Å². The van der Waals surface area contributed by atoms with Crippen LogP contribution < -0.4 is 15.0 Å². The minimum Gasteiger partial charge on any atom is -0.493 e. The van der Waals surface area contributed by atoms with Crippen LogP contribution in [-0.2, 0) is 13.0 Å².